The number of phenols is 1. The predicted octanol–water partition coefficient (Wildman–Crippen LogP) is 4.10. The second kappa shape index (κ2) is 11.4. The number of hydrogen-bond donors (Lipinski definition) is 3. The molecule has 2 aromatic carbocycles. The molecule has 2 saturated heterocycles. The quantitative estimate of drug-likeness (QED) is 0.230. The fraction of sp³-hybridized carbons (Fsp3) is 0.281. The van der Waals surface area contributed by atoms with Gasteiger partial charge in [-0.25, -0.2) is 0 Å². The first kappa shape index (κ1) is 27.1. The van der Waals surface area contributed by atoms with Crippen molar-refractivity contribution >= 4 is 36.3 Å². The molecule has 4 atom stereocenters. The fourth-order valence-corrected chi connectivity index (χ4v) is 6.63. The van der Waals surface area contributed by atoms with Crippen molar-refractivity contribution in [1.82, 2.24) is 4.98 Å². The number of aromatic hydroxyl groups is 1. The molecule has 41 heavy (non-hydrogen) atoms. The lowest BCUT2D eigenvalue weighted by Gasteiger charge is -2.42. The number of allylic oxidation sites excluding steroid dienone is 1. The molecule has 1 aromatic heterocycles. The minimum Gasteiger partial charge on any atom is -0.508 e. The van der Waals surface area contributed by atoms with Crippen molar-refractivity contribution in [3.8, 4) is 5.75 Å². The van der Waals surface area contributed by atoms with E-state index in [1.165, 1.54) is 4.90 Å². The lowest BCUT2D eigenvalue weighted by Crippen LogP contribution is -2.46. The Balaban J connectivity index is 1.31. The first-order chi connectivity index (χ1) is 19.9. The van der Waals surface area contributed by atoms with Gasteiger partial charge < -0.3 is 19.9 Å². The second-order valence-corrected chi connectivity index (χ2v) is 10.8. The van der Waals surface area contributed by atoms with Gasteiger partial charge in [0.15, 0.2) is 0 Å². The van der Waals surface area contributed by atoms with Gasteiger partial charge in [-0.1, -0.05) is 36.4 Å². The molecule has 0 unspecified atom stereocenters. The zero-order valence-electron chi connectivity index (χ0n) is 22.5. The number of rotatable bonds is 7. The van der Waals surface area contributed by atoms with Crippen molar-refractivity contribution in [3.63, 3.8) is 0 Å². The van der Waals surface area contributed by atoms with Crippen LogP contribution in [0.2, 0.25) is 6.32 Å². The van der Waals surface area contributed by atoms with Crippen molar-refractivity contribution < 1.29 is 29.5 Å². The van der Waals surface area contributed by atoms with E-state index >= 15 is 0 Å². The van der Waals surface area contributed by atoms with Gasteiger partial charge in [0.05, 0.1) is 35.9 Å². The van der Waals surface area contributed by atoms with E-state index in [4.69, 9.17) is 4.65 Å². The Morgan fingerprint density at radius 2 is 1.76 bits per heavy atom. The largest absolute Gasteiger partial charge is 0.508 e. The number of aromatic nitrogens is 1. The number of aliphatic hydroxyl groups excluding tert-OH is 1. The smallest absolute Gasteiger partial charge is 0.455 e. The van der Waals surface area contributed by atoms with Crippen LogP contribution >= 0.6 is 0 Å². The molecule has 8 nitrogen and oxygen atoms in total. The van der Waals surface area contributed by atoms with Crippen LogP contribution in [-0.4, -0.2) is 51.9 Å². The minimum atomic E-state index is -1.10. The number of aliphatic hydroxyl groups is 1. The highest BCUT2D eigenvalue weighted by atomic mass is 16.5. The maximum atomic E-state index is 13.8. The number of carbonyl (C=O) groups is 2. The third-order valence-corrected chi connectivity index (χ3v) is 8.42. The SMILES string of the molecule is O=C1[C@@H]2[C@@H](CC(CO)=C3[C@@H](CC/C(=C/c4ccc(O)cc4)c4ccccn4)OB(O)C[C@@H]32)C(=O)N1c1ccccc1. The number of amides is 2. The summed E-state index contributed by atoms with van der Waals surface area (Å²) < 4.78 is 6.06. The molecular weight excluding hydrogens is 519 g/mol. The molecule has 6 rings (SSSR count). The molecule has 2 fully saturated rings. The van der Waals surface area contributed by atoms with E-state index < -0.39 is 31.0 Å². The average Bonchev–Trinajstić information content (AvgIpc) is 3.25. The van der Waals surface area contributed by atoms with Crippen LogP contribution in [0.3, 0.4) is 0 Å². The molecule has 9 heteroatoms. The van der Waals surface area contributed by atoms with Crippen molar-refractivity contribution in [2.45, 2.75) is 31.7 Å². The summed E-state index contributed by atoms with van der Waals surface area (Å²) in [6, 6.07) is 21.5. The van der Waals surface area contributed by atoms with E-state index in [9.17, 15) is 24.8 Å². The molecular formula is C32H31BN2O6. The molecule has 0 spiro atoms. The first-order valence-electron chi connectivity index (χ1n) is 13.9. The number of anilines is 1. The summed E-state index contributed by atoms with van der Waals surface area (Å²) in [7, 11) is -1.10. The van der Waals surface area contributed by atoms with E-state index in [1.807, 2.05) is 42.5 Å². The average molecular weight is 550 g/mol. The van der Waals surface area contributed by atoms with Crippen LogP contribution in [0.1, 0.15) is 30.5 Å². The summed E-state index contributed by atoms with van der Waals surface area (Å²) in [5.41, 5.74) is 4.72. The van der Waals surface area contributed by atoms with Crippen LogP contribution < -0.4 is 4.90 Å². The van der Waals surface area contributed by atoms with Gasteiger partial charge in [0.2, 0.25) is 11.8 Å². The Bertz CT molecular complexity index is 1490. The van der Waals surface area contributed by atoms with Gasteiger partial charge >= 0.3 is 7.12 Å². The molecule has 208 valence electrons. The van der Waals surface area contributed by atoms with Gasteiger partial charge in [0, 0.05) is 6.20 Å². The van der Waals surface area contributed by atoms with E-state index in [1.54, 1.807) is 42.6 Å². The second-order valence-electron chi connectivity index (χ2n) is 10.8. The summed E-state index contributed by atoms with van der Waals surface area (Å²) >= 11 is 0. The van der Waals surface area contributed by atoms with Crippen LogP contribution in [0.25, 0.3) is 11.6 Å². The molecule has 3 aromatic rings. The monoisotopic (exact) mass is 550 g/mol. The van der Waals surface area contributed by atoms with E-state index in [0.29, 0.717) is 24.1 Å². The van der Waals surface area contributed by atoms with Crippen LogP contribution in [0.4, 0.5) is 5.69 Å². The summed E-state index contributed by atoms with van der Waals surface area (Å²) in [6.07, 6.45) is 4.70. The summed E-state index contributed by atoms with van der Waals surface area (Å²) in [5, 5.41) is 30.9. The van der Waals surface area contributed by atoms with Crippen LogP contribution in [0, 0.1) is 17.8 Å². The van der Waals surface area contributed by atoms with Gasteiger partial charge in [0.1, 0.15) is 5.75 Å². The maximum absolute atomic E-state index is 13.8. The number of carbonyl (C=O) groups excluding carboxylic acids is 2. The lowest BCUT2D eigenvalue weighted by molar-refractivity contribution is -0.122. The zero-order valence-corrected chi connectivity index (χ0v) is 22.5. The van der Waals surface area contributed by atoms with Gasteiger partial charge in [0.25, 0.3) is 0 Å². The Labute approximate surface area is 238 Å². The topological polar surface area (TPSA) is 120 Å². The maximum Gasteiger partial charge on any atom is 0.455 e. The van der Waals surface area contributed by atoms with Crippen molar-refractivity contribution in [3.05, 3.63) is 101 Å². The number of hydrogen-bond acceptors (Lipinski definition) is 7. The number of para-hydroxylation sites is 1. The number of benzene rings is 2. The Hall–Kier alpha value is -4.05. The Morgan fingerprint density at radius 3 is 2.46 bits per heavy atom. The summed E-state index contributed by atoms with van der Waals surface area (Å²) in [4.78, 5) is 33.1. The Kier molecular flexibility index (Phi) is 7.58. The zero-order chi connectivity index (χ0) is 28.5. The normalized spacial score (nSPS) is 24.5. The molecule has 3 aliphatic rings. The van der Waals surface area contributed by atoms with Crippen molar-refractivity contribution in [1.29, 1.82) is 0 Å². The van der Waals surface area contributed by atoms with Crippen LogP contribution in [0.15, 0.2) is 90.1 Å². The van der Waals surface area contributed by atoms with Gasteiger partial charge in [-0.3, -0.25) is 19.5 Å². The van der Waals surface area contributed by atoms with Gasteiger partial charge in [-0.15, -0.1) is 0 Å². The van der Waals surface area contributed by atoms with E-state index in [2.05, 4.69) is 4.98 Å². The molecule has 0 bridgehead atoms. The van der Waals surface area contributed by atoms with Crippen molar-refractivity contribution in [2.75, 3.05) is 11.5 Å². The molecule has 0 radical (unpaired) electrons. The van der Waals surface area contributed by atoms with Crippen LogP contribution in [0.5, 0.6) is 5.75 Å². The molecule has 2 amide bonds. The molecule has 0 saturated carbocycles. The molecule has 2 aliphatic heterocycles. The standard InChI is InChI=1S/C32H31BN2O6/c36-19-22-17-25-30(32(39)35(31(25)38)23-6-2-1-3-7-23)26-18-33(40)41-28(29(22)26)14-11-21(27-8-4-5-15-34-27)16-20-9-12-24(37)13-10-20/h1-10,12-13,15-16,25-26,28,30,36-37,40H,11,14,17-19H2/b21-16-/t25-,26+,28-,30-/m1/s1. The third-order valence-electron chi connectivity index (χ3n) is 8.42. The predicted molar refractivity (Wildman–Crippen MR) is 155 cm³/mol. The minimum absolute atomic E-state index is 0.182. The Morgan fingerprint density at radius 1 is 1.00 bits per heavy atom. The highest BCUT2D eigenvalue weighted by Crippen LogP contribution is 2.51. The first-order valence-corrected chi connectivity index (χ1v) is 13.9. The number of nitrogens with zero attached hydrogens (tertiary/aromatic N) is 2. The number of fused-ring (bicyclic) bond motifs is 3. The fourth-order valence-electron chi connectivity index (χ4n) is 6.63. The third kappa shape index (κ3) is 5.24. The highest BCUT2D eigenvalue weighted by molar-refractivity contribution is 6.43. The van der Waals surface area contributed by atoms with Crippen molar-refractivity contribution in [2.24, 2.45) is 17.8 Å². The number of imide groups is 1. The summed E-state index contributed by atoms with van der Waals surface area (Å²) in [5.74, 6) is -1.95. The molecule has 3 heterocycles. The molecule has 1 aliphatic carbocycles. The highest BCUT2D eigenvalue weighted by Gasteiger charge is 2.57. The lowest BCUT2D eigenvalue weighted by atomic mass is 9.58. The summed E-state index contributed by atoms with van der Waals surface area (Å²) in [6.45, 7) is -0.242. The number of phenolic OH excluding ortho intramolecular Hbond substituents is 1. The number of pyridine rings is 1. The van der Waals surface area contributed by atoms with E-state index in [-0.39, 0.29) is 36.9 Å². The van der Waals surface area contributed by atoms with Gasteiger partial charge in [-0.05, 0) is 96.3 Å². The van der Waals surface area contributed by atoms with Gasteiger partial charge in [-0.2, -0.15) is 0 Å². The van der Waals surface area contributed by atoms with Crippen LogP contribution in [-0.2, 0) is 14.2 Å². The molecule has 3 N–H and O–H groups in total. The van der Waals surface area contributed by atoms with E-state index in [0.717, 1.165) is 22.4 Å².